The average molecular weight is 285 g/mol. The molecule has 9 heteroatoms. The normalized spacial score (nSPS) is 6.21. The lowest BCUT2D eigenvalue weighted by Crippen LogP contribution is -1.89. The molecule has 0 heterocycles. The molecule has 0 aliphatic carbocycles. The van der Waals surface area contributed by atoms with Crippen LogP contribution in [-0.4, -0.2) is 58.4 Å². The maximum absolute atomic E-state index is 9.00. The van der Waals surface area contributed by atoms with Gasteiger partial charge in [-0.15, -0.1) is 0 Å². The van der Waals surface area contributed by atoms with Crippen molar-refractivity contribution >= 4 is 23.9 Å². The van der Waals surface area contributed by atoms with Crippen molar-refractivity contribution in [2.24, 2.45) is 0 Å². The number of nitrogens with one attached hydrogen (secondary N) is 1. The molecule has 0 saturated heterocycles. The Labute approximate surface area is 111 Å². The Bertz CT molecular complexity index is 176. The quantitative estimate of drug-likeness (QED) is 0.418. The highest BCUT2D eigenvalue weighted by Gasteiger charge is 1.66. The third-order valence-corrected chi connectivity index (χ3v) is 0. The third kappa shape index (κ3) is 650. The lowest BCUT2D eigenvalue weighted by molar-refractivity contribution is -0.135. The second-order valence-corrected chi connectivity index (χ2v) is 2.58. The van der Waals surface area contributed by atoms with Gasteiger partial charge in [0.2, 0.25) is 0 Å². The van der Waals surface area contributed by atoms with Crippen molar-refractivity contribution in [3.05, 3.63) is 0 Å². The van der Waals surface area contributed by atoms with Crippen LogP contribution in [0.2, 0.25) is 0 Å². The van der Waals surface area contributed by atoms with Crippen molar-refractivity contribution in [2.45, 2.75) is 27.7 Å². The number of carboxylic acid groups (broad SMARTS) is 4. The van der Waals surface area contributed by atoms with Gasteiger partial charge in [-0.05, 0) is 14.1 Å². The van der Waals surface area contributed by atoms with E-state index in [1.807, 2.05) is 14.1 Å². The molecule has 0 aromatic rings. The molecule has 0 saturated carbocycles. The minimum Gasteiger partial charge on any atom is -0.481 e. The number of hydrogen-bond donors (Lipinski definition) is 5. The predicted octanol–water partition coefficient (Wildman–Crippen LogP) is 0.199. The zero-order valence-electron chi connectivity index (χ0n) is 11.9. The van der Waals surface area contributed by atoms with Crippen LogP contribution >= 0.6 is 0 Å². The first kappa shape index (κ1) is 30.1. The van der Waals surface area contributed by atoms with Crippen molar-refractivity contribution < 1.29 is 39.6 Å². The molecule has 0 aromatic heterocycles. The molecule has 0 aromatic carbocycles. The molecule has 5 N–H and O–H groups in total. The number of rotatable bonds is 0. The minimum atomic E-state index is -0.833. The summed E-state index contributed by atoms with van der Waals surface area (Å²) in [4.78, 5) is 36.0. The van der Waals surface area contributed by atoms with Gasteiger partial charge in [0.15, 0.2) is 0 Å². The standard InChI is InChI=1S/C2H7N.4C2H4O2/c1-3-2;4*1-2(3)4/h3H,1-2H3;4*1H3,(H,3,4). The molecule has 0 aliphatic heterocycles. The molecule has 0 spiro atoms. The molecule has 116 valence electrons. The Morgan fingerprint density at radius 2 is 0.579 bits per heavy atom. The van der Waals surface area contributed by atoms with E-state index in [0.29, 0.717) is 0 Å². The molecule has 0 radical (unpaired) electrons. The molecular weight excluding hydrogens is 262 g/mol. The number of carboxylic acids is 4. The first-order chi connectivity index (χ1) is 8.34. The van der Waals surface area contributed by atoms with Crippen LogP contribution in [0.15, 0.2) is 0 Å². The van der Waals surface area contributed by atoms with E-state index >= 15 is 0 Å². The molecule has 0 rings (SSSR count). The van der Waals surface area contributed by atoms with Crippen molar-refractivity contribution in [3.63, 3.8) is 0 Å². The Balaban J connectivity index is -0.0000000432. The summed E-state index contributed by atoms with van der Waals surface area (Å²) in [5.41, 5.74) is 0. The van der Waals surface area contributed by atoms with Gasteiger partial charge in [0.25, 0.3) is 23.9 Å². The zero-order chi connectivity index (χ0) is 17.0. The van der Waals surface area contributed by atoms with Gasteiger partial charge in [-0.25, -0.2) is 0 Å². The fraction of sp³-hybridized carbons (Fsp3) is 0.600. The average Bonchev–Trinajstić information content (AvgIpc) is 1.97. The summed E-state index contributed by atoms with van der Waals surface area (Å²) in [5.74, 6) is -3.33. The fourth-order valence-electron chi connectivity index (χ4n) is 0. The van der Waals surface area contributed by atoms with E-state index in [1.54, 1.807) is 0 Å². The summed E-state index contributed by atoms with van der Waals surface area (Å²) in [7, 11) is 3.75. The Morgan fingerprint density at radius 3 is 0.579 bits per heavy atom. The van der Waals surface area contributed by atoms with Gasteiger partial charge in [-0.3, -0.25) is 19.2 Å². The predicted molar refractivity (Wildman–Crippen MR) is 68.2 cm³/mol. The SMILES string of the molecule is CC(=O)O.CC(=O)O.CC(=O)O.CC(=O)O.CNC. The van der Waals surface area contributed by atoms with Gasteiger partial charge < -0.3 is 25.7 Å². The van der Waals surface area contributed by atoms with Crippen LogP contribution in [0.3, 0.4) is 0 Å². The van der Waals surface area contributed by atoms with Gasteiger partial charge in [0.1, 0.15) is 0 Å². The van der Waals surface area contributed by atoms with Gasteiger partial charge in [-0.2, -0.15) is 0 Å². The molecule has 0 fully saturated rings. The van der Waals surface area contributed by atoms with Crippen molar-refractivity contribution in [1.29, 1.82) is 0 Å². The Hall–Kier alpha value is -2.16. The van der Waals surface area contributed by atoms with Crippen LogP contribution in [0.5, 0.6) is 0 Å². The maximum atomic E-state index is 9.00. The number of aliphatic carboxylic acids is 4. The summed E-state index contributed by atoms with van der Waals surface area (Å²) in [6.45, 7) is 4.33. The van der Waals surface area contributed by atoms with Gasteiger partial charge in [0, 0.05) is 27.7 Å². The summed E-state index contributed by atoms with van der Waals surface area (Å²) >= 11 is 0. The highest BCUT2D eigenvalue weighted by molar-refractivity contribution is 5.63. The summed E-state index contributed by atoms with van der Waals surface area (Å²) in [6, 6.07) is 0. The van der Waals surface area contributed by atoms with Crippen molar-refractivity contribution in [1.82, 2.24) is 5.32 Å². The maximum Gasteiger partial charge on any atom is 0.300 e. The second kappa shape index (κ2) is 29.7. The topological polar surface area (TPSA) is 161 Å². The van der Waals surface area contributed by atoms with Crippen LogP contribution in [0.1, 0.15) is 27.7 Å². The Kier molecular flexibility index (Phi) is 47.1. The largest absolute Gasteiger partial charge is 0.481 e. The lowest BCUT2D eigenvalue weighted by Gasteiger charge is -1.59. The summed E-state index contributed by atoms with van der Waals surface area (Å²) in [6.07, 6.45) is 0. The van der Waals surface area contributed by atoms with E-state index in [9.17, 15) is 0 Å². The van der Waals surface area contributed by atoms with Crippen LogP contribution < -0.4 is 5.32 Å². The molecular formula is C10H23NO8. The van der Waals surface area contributed by atoms with Crippen LogP contribution in [0.25, 0.3) is 0 Å². The van der Waals surface area contributed by atoms with Gasteiger partial charge >= 0.3 is 0 Å². The van der Waals surface area contributed by atoms with Crippen molar-refractivity contribution in [3.8, 4) is 0 Å². The van der Waals surface area contributed by atoms with E-state index in [0.717, 1.165) is 27.7 Å². The molecule has 0 atom stereocenters. The zero-order valence-corrected chi connectivity index (χ0v) is 11.9. The highest BCUT2D eigenvalue weighted by Crippen LogP contribution is 1.43. The van der Waals surface area contributed by atoms with Crippen molar-refractivity contribution in [2.75, 3.05) is 14.1 Å². The molecule has 0 unspecified atom stereocenters. The molecule has 19 heavy (non-hydrogen) atoms. The molecule has 0 aliphatic rings. The smallest absolute Gasteiger partial charge is 0.300 e. The second-order valence-electron chi connectivity index (χ2n) is 2.58. The summed E-state index contributed by atoms with van der Waals surface area (Å²) in [5, 5.41) is 32.4. The number of hydrogen-bond acceptors (Lipinski definition) is 5. The van der Waals surface area contributed by atoms with Crippen LogP contribution in [0, 0.1) is 0 Å². The van der Waals surface area contributed by atoms with Gasteiger partial charge in [-0.1, -0.05) is 0 Å². The number of carbonyl (C=O) groups is 4. The molecule has 0 amide bonds. The van der Waals surface area contributed by atoms with E-state index in [2.05, 4.69) is 5.32 Å². The minimum absolute atomic E-state index is 0.833. The van der Waals surface area contributed by atoms with E-state index in [4.69, 9.17) is 39.6 Å². The van der Waals surface area contributed by atoms with E-state index < -0.39 is 23.9 Å². The molecule has 0 bridgehead atoms. The Morgan fingerprint density at radius 1 is 0.579 bits per heavy atom. The van der Waals surface area contributed by atoms with Gasteiger partial charge in [0.05, 0.1) is 0 Å². The summed E-state index contributed by atoms with van der Waals surface area (Å²) < 4.78 is 0. The monoisotopic (exact) mass is 285 g/mol. The molecule has 9 nitrogen and oxygen atoms in total. The van der Waals surface area contributed by atoms with Crippen LogP contribution in [0.4, 0.5) is 0 Å². The highest BCUT2D eigenvalue weighted by atomic mass is 16.4. The first-order valence-corrected chi connectivity index (χ1v) is 4.71. The third-order valence-electron chi connectivity index (χ3n) is 0. The fourth-order valence-corrected chi connectivity index (χ4v) is 0. The first-order valence-electron chi connectivity index (χ1n) is 4.71. The van der Waals surface area contributed by atoms with Crippen LogP contribution in [-0.2, 0) is 19.2 Å². The lowest BCUT2D eigenvalue weighted by atomic mass is 10.9. The van der Waals surface area contributed by atoms with E-state index in [1.165, 1.54) is 0 Å². The van der Waals surface area contributed by atoms with E-state index in [-0.39, 0.29) is 0 Å².